The van der Waals surface area contributed by atoms with E-state index in [4.69, 9.17) is 5.11 Å². The molecule has 0 aliphatic carbocycles. The molecule has 3 heteroatoms. The number of ketones is 1. The highest BCUT2D eigenvalue weighted by Crippen LogP contribution is 2.22. The number of allylic oxidation sites excluding steroid dienone is 1. The summed E-state index contributed by atoms with van der Waals surface area (Å²) in [5.41, 5.74) is 0.936. The summed E-state index contributed by atoms with van der Waals surface area (Å²) in [5.74, 6) is -0.0513. The van der Waals surface area contributed by atoms with Crippen LogP contribution in [0.5, 0.6) is 0 Å². The molecule has 0 rings (SSSR count). The second kappa shape index (κ2) is 6.04. The van der Waals surface area contributed by atoms with Crippen LogP contribution >= 0.6 is 0 Å². The van der Waals surface area contributed by atoms with Crippen LogP contribution in [0.15, 0.2) is 12.3 Å². The molecular weight excluding hydrogens is 202 g/mol. The van der Waals surface area contributed by atoms with Crippen LogP contribution in [-0.2, 0) is 4.79 Å². The lowest BCUT2D eigenvalue weighted by molar-refractivity contribution is -0.124. The molecule has 0 saturated carbocycles. The quantitative estimate of drug-likeness (QED) is 0.730. The third kappa shape index (κ3) is 5.91. The van der Waals surface area contributed by atoms with Gasteiger partial charge in [0.2, 0.25) is 0 Å². The van der Waals surface area contributed by atoms with Gasteiger partial charge in [0.05, 0.1) is 6.61 Å². The van der Waals surface area contributed by atoms with Gasteiger partial charge >= 0.3 is 0 Å². The molecule has 0 aromatic rings. The van der Waals surface area contributed by atoms with Gasteiger partial charge in [-0.15, -0.1) is 0 Å². The molecular formula is C13H25NO2. The van der Waals surface area contributed by atoms with Crippen molar-refractivity contribution in [3.8, 4) is 0 Å². The van der Waals surface area contributed by atoms with Crippen molar-refractivity contribution in [1.29, 1.82) is 0 Å². The zero-order chi connectivity index (χ0) is 12.9. The van der Waals surface area contributed by atoms with Crippen molar-refractivity contribution in [3.63, 3.8) is 0 Å². The molecule has 2 N–H and O–H groups in total. The van der Waals surface area contributed by atoms with Crippen LogP contribution in [0.25, 0.3) is 0 Å². The standard InChI is InChI=1S/C13H25NO2/c1-9(2)12(16)11(8-15)14-10(3)7-13(4,5)6/h9,11,14-15H,3,7-8H2,1-2,4-6H3. The number of hydrogen-bond donors (Lipinski definition) is 2. The van der Waals surface area contributed by atoms with Crippen LogP contribution in [0, 0.1) is 11.3 Å². The van der Waals surface area contributed by atoms with Gasteiger partial charge in [0.15, 0.2) is 5.78 Å². The molecule has 0 saturated heterocycles. The highest BCUT2D eigenvalue weighted by molar-refractivity contribution is 5.86. The van der Waals surface area contributed by atoms with E-state index in [0.29, 0.717) is 0 Å². The number of aliphatic hydroxyl groups excluding tert-OH is 1. The molecule has 0 aromatic heterocycles. The van der Waals surface area contributed by atoms with E-state index in [1.54, 1.807) is 0 Å². The second-order valence-corrected chi connectivity index (χ2v) is 5.78. The molecule has 16 heavy (non-hydrogen) atoms. The maximum absolute atomic E-state index is 11.7. The van der Waals surface area contributed by atoms with E-state index < -0.39 is 6.04 Å². The first-order chi connectivity index (χ1) is 7.17. The van der Waals surface area contributed by atoms with Crippen molar-refractivity contribution in [2.75, 3.05) is 6.61 Å². The Morgan fingerprint density at radius 3 is 2.19 bits per heavy atom. The zero-order valence-corrected chi connectivity index (χ0v) is 11.1. The molecule has 94 valence electrons. The highest BCUT2D eigenvalue weighted by atomic mass is 16.3. The molecule has 0 aromatic carbocycles. The summed E-state index contributed by atoms with van der Waals surface area (Å²) in [6.07, 6.45) is 0.787. The molecule has 0 radical (unpaired) electrons. The van der Waals surface area contributed by atoms with E-state index in [1.165, 1.54) is 0 Å². The third-order valence-corrected chi connectivity index (χ3v) is 2.22. The summed E-state index contributed by atoms with van der Waals surface area (Å²) in [5, 5.41) is 12.2. The summed E-state index contributed by atoms with van der Waals surface area (Å²) in [6.45, 7) is 13.7. The normalized spacial score (nSPS) is 13.7. The summed E-state index contributed by atoms with van der Waals surface area (Å²) in [7, 11) is 0. The summed E-state index contributed by atoms with van der Waals surface area (Å²) in [6, 6.07) is -0.519. The van der Waals surface area contributed by atoms with Gasteiger partial charge in [-0.25, -0.2) is 0 Å². The molecule has 0 fully saturated rings. The van der Waals surface area contributed by atoms with Crippen molar-refractivity contribution in [1.82, 2.24) is 5.32 Å². The van der Waals surface area contributed by atoms with Gasteiger partial charge in [0.1, 0.15) is 6.04 Å². The Hall–Kier alpha value is -0.830. The van der Waals surface area contributed by atoms with E-state index in [1.807, 2.05) is 13.8 Å². The Bertz CT molecular complexity index is 251. The first-order valence-electron chi connectivity index (χ1n) is 5.76. The van der Waals surface area contributed by atoms with E-state index in [0.717, 1.165) is 12.1 Å². The van der Waals surface area contributed by atoms with Gasteiger partial charge in [-0.3, -0.25) is 4.79 Å². The van der Waals surface area contributed by atoms with Gasteiger partial charge in [-0.2, -0.15) is 0 Å². The van der Waals surface area contributed by atoms with Gasteiger partial charge in [0.25, 0.3) is 0 Å². The first-order valence-corrected chi connectivity index (χ1v) is 5.76. The Kier molecular flexibility index (Phi) is 5.73. The van der Waals surface area contributed by atoms with Crippen LogP contribution < -0.4 is 5.32 Å². The fraction of sp³-hybridized carbons (Fsp3) is 0.769. The molecule has 1 atom stereocenters. The minimum absolute atomic E-state index is 0.0255. The van der Waals surface area contributed by atoms with Crippen LogP contribution in [0.4, 0.5) is 0 Å². The summed E-state index contributed by atoms with van der Waals surface area (Å²) < 4.78 is 0. The fourth-order valence-corrected chi connectivity index (χ4v) is 1.55. The number of carbonyl (C=O) groups is 1. The van der Waals surface area contributed by atoms with Gasteiger partial charge in [-0.1, -0.05) is 41.2 Å². The predicted octanol–water partition coefficient (Wildman–Crippen LogP) is 2.11. The minimum Gasteiger partial charge on any atom is -0.394 e. The number of hydrogen-bond acceptors (Lipinski definition) is 3. The smallest absolute Gasteiger partial charge is 0.159 e. The molecule has 0 amide bonds. The number of Topliss-reactive ketones (excluding diaryl/α,β-unsaturated/α-hetero) is 1. The van der Waals surface area contributed by atoms with Gasteiger partial charge in [0, 0.05) is 11.6 Å². The molecule has 0 heterocycles. The average molecular weight is 227 g/mol. The zero-order valence-electron chi connectivity index (χ0n) is 11.1. The SMILES string of the molecule is C=C(CC(C)(C)C)NC(CO)C(=O)C(C)C. The molecule has 0 spiro atoms. The Balaban J connectivity index is 4.34. The second-order valence-electron chi connectivity index (χ2n) is 5.78. The molecule has 1 unspecified atom stereocenters. The number of aliphatic hydroxyl groups is 1. The lowest BCUT2D eigenvalue weighted by atomic mass is 9.90. The average Bonchev–Trinajstić information content (AvgIpc) is 2.09. The topological polar surface area (TPSA) is 49.3 Å². The Morgan fingerprint density at radius 2 is 1.88 bits per heavy atom. The number of carbonyl (C=O) groups excluding carboxylic acids is 1. The monoisotopic (exact) mass is 227 g/mol. The largest absolute Gasteiger partial charge is 0.394 e. The van der Waals surface area contributed by atoms with Crippen LogP contribution in [0.2, 0.25) is 0 Å². The van der Waals surface area contributed by atoms with E-state index in [2.05, 4.69) is 32.7 Å². The van der Waals surface area contributed by atoms with Crippen molar-refractivity contribution in [2.45, 2.75) is 47.1 Å². The third-order valence-electron chi connectivity index (χ3n) is 2.22. The Labute approximate surface area is 98.9 Å². The molecule has 0 bridgehead atoms. The summed E-state index contributed by atoms with van der Waals surface area (Å²) in [4.78, 5) is 11.7. The maximum Gasteiger partial charge on any atom is 0.159 e. The van der Waals surface area contributed by atoms with E-state index in [-0.39, 0.29) is 23.7 Å². The number of rotatable bonds is 6. The lowest BCUT2D eigenvalue weighted by Gasteiger charge is -2.24. The minimum atomic E-state index is -0.519. The van der Waals surface area contributed by atoms with Crippen molar-refractivity contribution in [3.05, 3.63) is 12.3 Å². The molecule has 0 aliphatic rings. The van der Waals surface area contributed by atoms with Crippen molar-refractivity contribution < 1.29 is 9.90 Å². The first kappa shape index (κ1) is 15.2. The van der Waals surface area contributed by atoms with Gasteiger partial charge < -0.3 is 10.4 Å². The predicted molar refractivity (Wildman–Crippen MR) is 67.1 cm³/mol. The van der Waals surface area contributed by atoms with E-state index in [9.17, 15) is 4.79 Å². The maximum atomic E-state index is 11.7. The highest BCUT2D eigenvalue weighted by Gasteiger charge is 2.21. The summed E-state index contributed by atoms with van der Waals surface area (Å²) >= 11 is 0. The Morgan fingerprint density at radius 1 is 1.38 bits per heavy atom. The van der Waals surface area contributed by atoms with Gasteiger partial charge in [-0.05, 0) is 11.8 Å². The lowest BCUT2D eigenvalue weighted by Crippen LogP contribution is -2.41. The van der Waals surface area contributed by atoms with Crippen LogP contribution in [0.3, 0.4) is 0 Å². The van der Waals surface area contributed by atoms with Crippen LogP contribution in [0.1, 0.15) is 41.0 Å². The fourth-order valence-electron chi connectivity index (χ4n) is 1.55. The van der Waals surface area contributed by atoms with E-state index >= 15 is 0 Å². The van der Waals surface area contributed by atoms with Crippen molar-refractivity contribution >= 4 is 5.78 Å². The molecule has 0 aliphatic heterocycles. The number of nitrogens with one attached hydrogen (secondary N) is 1. The molecule has 3 nitrogen and oxygen atoms in total. The van der Waals surface area contributed by atoms with Crippen molar-refractivity contribution in [2.24, 2.45) is 11.3 Å². The van der Waals surface area contributed by atoms with Crippen LogP contribution in [-0.4, -0.2) is 23.5 Å².